The largest absolute Gasteiger partial charge is 0.326 e. The first-order chi connectivity index (χ1) is 14.1. The van der Waals surface area contributed by atoms with Crippen LogP contribution in [0.1, 0.15) is 31.0 Å². The minimum absolute atomic E-state index is 0.0546. The number of nitrogens with one attached hydrogen (secondary N) is 1. The van der Waals surface area contributed by atoms with Gasteiger partial charge in [-0.2, -0.15) is 5.10 Å². The van der Waals surface area contributed by atoms with Gasteiger partial charge in [0.05, 0.1) is 15.8 Å². The van der Waals surface area contributed by atoms with E-state index < -0.39 is 0 Å². The van der Waals surface area contributed by atoms with Crippen molar-refractivity contribution >= 4 is 43.1 Å². The number of rotatable bonds is 6. The van der Waals surface area contributed by atoms with Crippen LogP contribution in [0.15, 0.2) is 53.3 Å². The van der Waals surface area contributed by atoms with E-state index in [0.717, 1.165) is 38.0 Å². The van der Waals surface area contributed by atoms with Crippen LogP contribution in [0.5, 0.6) is 0 Å². The van der Waals surface area contributed by atoms with Crippen LogP contribution in [0.3, 0.4) is 0 Å². The molecule has 2 heterocycles. The molecule has 5 nitrogen and oxygen atoms in total. The number of carbonyl (C=O) groups is 1. The van der Waals surface area contributed by atoms with Crippen LogP contribution in [0, 0.1) is 6.92 Å². The fourth-order valence-corrected chi connectivity index (χ4v) is 4.64. The number of aryl methyl sites for hydroxylation is 3. The summed E-state index contributed by atoms with van der Waals surface area (Å²) < 4.78 is 3.54. The number of anilines is 1. The summed E-state index contributed by atoms with van der Waals surface area (Å²) >= 11 is 1.60. The van der Waals surface area contributed by atoms with E-state index in [0.29, 0.717) is 19.4 Å². The van der Waals surface area contributed by atoms with Crippen molar-refractivity contribution in [2.45, 2.75) is 39.7 Å². The lowest BCUT2D eigenvalue weighted by Gasteiger charge is -2.08. The molecule has 1 amide bonds. The standard InChI is InChI=1S/C23H23N3O2S/c1-3-16-10-12-17(13-11-16)24-20(27)9-6-14-26-23(28)21-18-7-4-5-8-19(18)29-22(21)15(2)25-26/h4-5,7-8,10-13H,3,6,9,14H2,1-2H3,(H,24,27). The van der Waals surface area contributed by atoms with Crippen molar-refractivity contribution < 1.29 is 4.79 Å². The Labute approximate surface area is 173 Å². The lowest BCUT2D eigenvalue weighted by atomic mass is 10.1. The minimum atomic E-state index is -0.0846. The molecular formula is C23H23N3O2S. The maximum atomic E-state index is 13.0. The number of hydrogen-bond acceptors (Lipinski definition) is 4. The number of carbonyl (C=O) groups excluding carboxylic acids is 1. The van der Waals surface area contributed by atoms with Gasteiger partial charge in [-0.1, -0.05) is 37.3 Å². The lowest BCUT2D eigenvalue weighted by molar-refractivity contribution is -0.116. The SMILES string of the molecule is CCc1ccc(NC(=O)CCCn2nc(C)c3sc4ccccc4c3c2=O)cc1. The second-order valence-electron chi connectivity index (χ2n) is 7.12. The van der Waals surface area contributed by atoms with Crippen molar-refractivity contribution in [1.29, 1.82) is 0 Å². The molecule has 0 saturated heterocycles. The number of nitrogens with zero attached hydrogens (tertiary/aromatic N) is 2. The molecule has 0 saturated carbocycles. The Morgan fingerprint density at radius 1 is 1.14 bits per heavy atom. The molecule has 0 radical (unpaired) electrons. The first-order valence-corrected chi connectivity index (χ1v) is 10.7. The summed E-state index contributed by atoms with van der Waals surface area (Å²) in [5.74, 6) is -0.0546. The lowest BCUT2D eigenvalue weighted by Crippen LogP contribution is -2.24. The van der Waals surface area contributed by atoms with E-state index in [4.69, 9.17) is 0 Å². The minimum Gasteiger partial charge on any atom is -0.326 e. The topological polar surface area (TPSA) is 64.0 Å². The van der Waals surface area contributed by atoms with Gasteiger partial charge in [-0.05, 0) is 43.5 Å². The monoisotopic (exact) mass is 405 g/mol. The highest BCUT2D eigenvalue weighted by Gasteiger charge is 2.14. The Balaban J connectivity index is 1.46. The quantitative estimate of drug-likeness (QED) is 0.496. The molecular weight excluding hydrogens is 382 g/mol. The van der Waals surface area contributed by atoms with Gasteiger partial charge >= 0.3 is 0 Å². The number of thiophene rings is 1. The Morgan fingerprint density at radius 2 is 1.90 bits per heavy atom. The van der Waals surface area contributed by atoms with Crippen LogP contribution in [0.4, 0.5) is 5.69 Å². The molecule has 2 aromatic carbocycles. The van der Waals surface area contributed by atoms with Crippen LogP contribution in [-0.2, 0) is 17.8 Å². The van der Waals surface area contributed by atoms with Gasteiger partial charge in [0.25, 0.3) is 5.56 Å². The smallest absolute Gasteiger partial charge is 0.276 e. The Hall–Kier alpha value is -2.99. The summed E-state index contributed by atoms with van der Waals surface area (Å²) in [5, 5.41) is 9.10. The molecule has 0 aliphatic rings. The summed E-state index contributed by atoms with van der Waals surface area (Å²) in [6.07, 6.45) is 1.86. The molecule has 0 bridgehead atoms. The Morgan fingerprint density at radius 3 is 2.66 bits per heavy atom. The average molecular weight is 406 g/mol. The fourth-order valence-electron chi connectivity index (χ4n) is 3.50. The second kappa shape index (κ2) is 8.17. The number of hydrogen-bond donors (Lipinski definition) is 1. The summed E-state index contributed by atoms with van der Waals surface area (Å²) in [4.78, 5) is 25.2. The maximum absolute atomic E-state index is 13.0. The van der Waals surface area contributed by atoms with E-state index in [2.05, 4.69) is 17.3 Å². The third-order valence-electron chi connectivity index (χ3n) is 5.06. The zero-order valence-electron chi connectivity index (χ0n) is 16.6. The maximum Gasteiger partial charge on any atom is 0.276 e. The van der Waals surface area contributed by atoms with E-state index in [9.17, 15) is 9.59 Å². The van der Waals surface area contributed by atoms with Gasteiger partial charge < -0.3 is 5.32 Å². The zero-order valence-corrected chi connectivity index (χ0v) is 17.4. The van der Waals surface area contributed by atoms with Crippen molar-refractivity contribution in [1.82, 2.24) is 9.78 Å². The van der Waals surface area contributed by atoms with Crippen LogP contribution >= 0.6 is 11.3 Å². The second-order valence-corrected chi connectivity index (χ2v) is 8.17. The average Bonchev–Trinajstić information content (AvgIpc) is 3.13. The Kier molecular flexibility index (Phi) is 5.45. The van der Waals surface area contributed by atoms with Crippen molar-refractivity contribution in [3.05, 3.63) is 70.1 Å². The number of aromatic nitrogens is 2. The summed E-state index contributed by atoms with van der Waals surface area (Å²) in [6, 6.07) is 15.8. The number of amides is 1. The molecule has 0 aliphatic heterocycles. The van der Waals surface area contributed by atoms with Gasteiger partial charge in [0.2, 0.25) is 5.91 Å². The van der Waals surface area contributed by atoms with Crippen LogP contribution in [0.2, 0.25) is 0 Å². The Bertz CT molecular complexity index is 1240. The predicted molar refractivity (Wildman–Crippen MR) is 120 cm³/mol. The van der Waals surface area contributed by atoms with Gasteiger partial charge in [0.15, 0.2) is 0 Å². The first kappa shape index (κ1) is 19.3. The third kappa shape index (κ3) is 3.93. The molecule has 4 aromatic rings. The van der Waals surface area contributed by atoms with Crippen LogP contribution in [-0.4, -0.2) is 15.7 Å². The first-order valence-electron chi connectivity index (χ1n) is 9.84. The molecule has 4 rings (SSSR count). The van der Waals surface area contributed by atoms with Crippen LogP contribution in [0.25, 0.3) is 20.2 Å². The molecule has 0 atom stereocenters. The van der Waals surface area contributed by atoms with Crippen molar-refractivity contribution in [2.24, 2.45) is 0 Å². The van der Waals surface area contributed by atoms with Crippen molar-refractivity contribution in [3.63, 3.8) is 0 Å². The van der Waals surface area contributed by atoms with Gasteiger partial charge in [-0.3, -0.25) is 9.59 Å². The summed E-state index contributed by atoms with van der Waals surface area (Å²) in [7, 11) is 0. The van der Waals surface area contributed by atoms with Crippen molar-refractivity contribution in [3.8, 4) is 0 Å². The van der Waals surface area contributed by atoms with E-state index in [1.165, 1.54) is 10.2 Å². The molecule has 148 valence electrons. The molecule has 0 unspecified atom stereocenters. The van der Waals surface area contributed by atoms with E-state index in [-0.39, 0.29) is 11.5 Å². The third-order valence-corrected chi connectivity index (χ3v) is 6.34. The van der Waals surface area contributed by atoms with Gasteiger partial charge in [-0.25, -0.2) is 4.68 Å². The van der Waals surface area contributed by atoms with Crippen LogP contribution < -0.4 is 10.9 Å². The predicted octanol–water partition coefficient (Wildman–Crippen LogP) is 4.90. The van der Waals surface area contributed by atoms with E-state index in [1.54, 1.807) is 11.3 Å². The normalized spacial score (nSPS) is 11.2. The fraction of sp³-hybridized carbons (Fsp3) is 0.261. The van der Waals surface area contributed by atoms with Gasteiger partial charge in [0, 0.05) is 28.7 Å². The van der Waals surface area contributed by atoms with E-state index >= 15 is 0 Å². The molecule has 1 N–H and O–H groups in total. The van der Waals surface area contributed by atoms with Gasteiger partial charge in [0.1, 0.15) is 0 Å². The molecule has 29 heavy (non-hydrogen) atoms. The molecule has 0 fully saturated rings. The molecule has 0 aliphatic carbocycles. The summed E-state index contributed by atoms with van der Waals surface area (Å²) in [5.41, 5.74) is 2.80. The number of fused-ring (bicyclic) bond motifs is 3. The number of benzene rings is 2. The highest BCUT2D eigenvalue weighted by atomic mass is 32.1. The van der Waals surface area contributed by atoms with Gasteiger partial charge in [-0.15, -0.1) is 11.3 Å². The highest BCUT2D eigenvalue weighted by molar-refractivity contribution is 7.26. The van der Waals surface area contributed by atoms with Crippen molar-refractivity contribution in [2.75, 3.05) is 5.32 Å². The van der Waals surface area contributed by atoms with E-state index in [1.807, 2.05) is 55.5 Å². The highest BCUT2D eigenvalue weighted by Crippen LogP contribution is 2.32. The summed E-state index contributed by atoms with van der Waals surface area (Å²) in [6.45, 7) is 4.45. The molecule has 0 spiro atoms. The molecule has 6 heteroatoms. The molecule has 2 aromatic heterocycles. The zero-order chi connectivity index (χ0) is 20.4.